The van der Waals surface area contributed by atoms with Crippen LogP contribution in [0.2, 0.25) is 0 Å². The average Bonchev–Trinajstić information content (AvgIpc) is 3.75. The molecule has 0 radical (unpaired) electrons. The molecule has 2 heterocycles. The number of imidazole rings is 1. The van der Waals surface area contributed by atoms with Crippen LogP contribution in [-0.2, 0) is 31.9 Å². The van der Waals surface area contributed by atoms with Gasteiger partial charge in [-0.1, -0.05) is 167 Å². The first-order chi connectivity index (χ1) is 28.6. The third-order valence-electron chi connectivity index (χ3n) is 12.0. The van der Waals surface area contributed by atoms with E-state index >= 15 is 0 Å². The maximum absolute atomic E-state index is 12.2. The summed E-state index contributed by atoms with van der Waals surface area (Å²) in [5, 5.41) is 12.2. The molecule has 0 fully saturated rings. The van der Waals surface area contributed by atoms with Crippen molar-refractivity contribution in [3.8, 4) is 78.6 Å². The summed E-state index contributed by atoms with van der Waals surface area (Å²) < 4.78 is 2.25. The van der Waals surface area contributed by atoms with Crippen LogP contribution < -0.4 is 0 Å². The van der Waals surface area contributed by atoms with Crippen molar-refractivity contribution in [1.82, 2.24) is 14.5 Å². The third kappa shape index (κ3) is 6.60. The normalized spacial score (nSPS) is 12.8. The van der Waals surface area contributed by atoms with Crippen LogP contribution in [0.5, 0.6) is 5.75 Å². The molecule has 7 aromatic carbocycles. The van der Waals surface area contributed by atoms with Gasteiger partial charge >= 0.3 is 0 Å². The molecule has 296 valence electrons. The van der Waals surface area contributed by atoms with Crippen LogP contribution in [0.1, 0.15) is 51.3 Å². The molecule has 0 spiro atoms. The van der Waals surface area contributed by atoms with Crippen LogP contribution >= 0.6 is 0 Å². The largest absolute Gasteiger partial charge is 0.507 e. The average molecular weight is 958 g/mol. The molecule has 0 bridgehead atoms. The number of pyridine rings is 1. The van der Waals surface area contributed by atoms with Gasteiger partial charge < -0.3 is 5.11 Å². The number of fused-ring (bicyclic) bond motifs is 4. The fourth-order valence-electron chi connectivity index (χ4n) is 8.88. The molecule has 1 N–H and O–H groups in total. The maximum atomic E-state index is 12.2. The fraction of sp³-hybridized carbons (Fsp3) is 0.127. The smallest absolute Gasteiger partial charge is 0.148 e. The van der Waals surface area contributed by atoms with E-state index in [-0.39, 0.29) is 37.6 Å². The molecule has 2 aromatic heterocycles. The summed E-state index contributed by atoms with van der Waals surface area (Å²) in [5.74, 6) is 0.866. The van der Waals surface area contributed by atoms with Gasteiger partial charge in [-0.05, 0) is 80.8 Å². The molecular weight excluding hydrogens is 914 g/mol. The van der Waals surface area contributed by atoms with Gasteiger partial charge in [-0.3, -0.25) is 9.55 Å². The van der Waals surface area contributed by atoms with Gasteiger partial charge in [-0.25, -0.2) is 4.98 Å². The molecule has 60 heavy (non-hydrogen) atoms. The Morgan fingerprint density at radius 1 is 0.567 bits per heavy atom. The van der Waals surface area contributed by atoms with Gasteiger partial charge in [0.1, 0.15) is 11.6 Å². The molecule has 0 unspecified atom stereocenters. The van der Waals surface area contributed by atoms with E-state index in [9.17, 15) is 5.11 Å². The fourth-order valence-corrected chi connectivity index (χ4v) is 8.88. The van der Waals surface area contributed by atoms with Crippen molar-refractivity contribution in [2.75, 3.05) is 0 Å². The van der Waals surface area contributed by atoms with Crippen molar-refractivity contribution < 1.29 is 26.2 Å². The summed E-state index contributed by atoms with van der Waals surface area (Å²) in [5.41, 5.74) is 16.9. The standard InChI is InChI=1S/C55H44N3O.Pt/c1-54(2,3)40-26-27-49(43(32-40)36-19-10-7-11-20-36)58-50-25-16-22-41(38-29-37(35-17-8-6-9-18-35)30-39(31-38)48-24-14-15-28-56-48)52(50)57-53(58)45-33-44-42-21-12-13-23-46(42)55(4,5)47(44)34-51(45)59;/h6-30,32-34,59H,1-5H3;/q-1;. The number of aromatic nitrogens is 3. The van der Waals surface area contributed by atoms with E-state index in [4.69, 9.17) is 9.97 Å². The van der Waals surface area contributed by atoms with E-state index in [1.54, 1.807) is 0 Å². The summed E-state index contributed by atoms with van der Waals surface area (Å²) in [6.45, 7) is 11.2. The van der Waals surface area contributed by atoms with E-state index in [1.807, 2.05) is 36.5 Å². The van der Waals surface area contributed by atoms with Crippen molar-refractivity contribution in [2.24, 2.45) is 0 Å². The molecule has 5 heteroatoms. The SMILES string of the molecule is CC(C)(C)c1ccc(-n2c(-c3cc4c(cc3O)C(C)(C)c3ccccc3-4)nc3c(-c4[c-]c(-c5ccccn5)cc(-c5ccccc5)c4)cccc32)c(-c2ccccc2)c1.[Pt]. The van der Waals surface area contributed by atoms with Crippen LogP contribution in [0, 0.1) is 6.07 Å². The van der Waals surface area contributed by atoms with Crippen LogP contribution in [0.25, 0.3) is 83.9 Å². The number of nitrogens with zero attached hydrogens (tertiary/aromatic N) is 3. The summed E-state index contributed by atoms with van der Waals surface area (Å²) in [4.78, 5) is 10.3. The number of hydrogen-bond acceptors (Lipinski definition) is 3. The van der Waals surface area contributed by atoms with Gasteiger partial charge in [0.25, 0.3) is 0 Å². The number of phenolic OH excluding ortho intramolecular Hbond substituents is 1. The predicted octanol–water partition coefficient (Wildman–Crippen LogP) is 13.9. The summed E-state index contributed by atoms with van der Waals surface area (Å²) >= 11 is 0. The second-order valence-electron chi connectivity index (χ2n) is 17.2. The Kier molecular flexibility index (Phi) is 9.80. The second-order valence-corrected chi connectivity index (χ2v) is 17.2. The van der Waals surface area contributed by atoms with Crippen LogP contribution in [-0.4, -0.2) is 19.6 Å². The third-order valence-corrected chi connectivity index (χ3v) is 12.0. The first-order valence-electron chi connectivity index (χ1n) is 20.3. The zero-order valence-corrected chi connectivity index (χ0v) is 36.5. The van der Waals surface area contributed by atoms with E-state index in [2.05, 4.69) is 179 Å². The number of hydrogen-bond donors (Lipinski definition) is 1. The van der Waals surface area contributed by atoms with E-state index < -0.39 is 0 Å². The molecule has 9 aromatic rings. The summed E-state index contributed by atoms with van der Waals surface area (Å²) in [6, 6.07) is 61.0. The van der Waals surface area contributed by atoms with Crippen LogP contribution in [0.4, 0.5) is 0 Å². The van der Waals surface area contributed by atoms with Crippen LogP contribution in [0.3, 0.4) is 0 Å². The van der Waals surface area contributed by atoms with E-state index in [1.165, 1.54) is 16.7 Å². The Bertz CT molecular complexity index is 3000. The van der Waals surface area contributed by atoms with Gasteiger partial charge in [-0.15, -0.1) is 23.8 Å². The Hall–Kier alpha value is -6.35. The molecular formula is C55H44N3OPt-. The number of para-hydroxylation sites is 1. The second kappa shape index (κ2) is 15.0. The minimum absolute atomic E-state index is 0. The molecule has 0 atom stereocenters. The van der Waals surface area contributed by atoms with E-state index in [0.29, 0.717) is 11.4 Å². The monoisotopic (exact) mass is 957 g/mol. The molecule has 1 aliphatic carbocycles. The molecule has 4 nitrogen and oxygen atoms in total. The minimum Gasteiger partial charge on any atom is -0.507 e. The van der Waals surface area contributed by atoms with Gasteiger partial charge in [0.05, 0.1) is 22.3 Å². The molecule has 1 aliphatic rings. The zero-order chi connectivity index (χ0) is 40.5. The molecule has 0 amide bonds. The number of aromatic hydroxyl groups is 1. The Labute approximate surface area is 366 Å². The molecule has 0 aliphatic heterocycles. The van der Waals surface area contributed by atoms with Gasteiger partial charge in [0.15, 0.2) is 0 Å². The van der Waals surface area contributed by atoms with Gasteiger partial charge in [-0.2, -0.15) is 0 Å². The van der Waals surface area contributed by atoms with Crippen molar-refractivity contribution in [1.29, 1.82) is 0 Å². The Morgan fingerprint density at radius 2 is 1.25 bits per heavy atom. The van der Waals surface area contributed by atoms with E-state index in [0.717, 1.165) is 72.5 Å². The first-order valence-corrected chi connectivity index (χ1v) is 20.3. The summed E-state index contributed by atoms with van der Waals surface area (Å²) in [6.07, 6.45) is 1.82. The summed E-state index contributed by atoms with van der Waals surface area (Å²) in [7, 11) is 0. The number of phenols is 1. The molecule has 0 saturated carbocycles. The predicted molar refractivity (Wildman–Crippen MR) is 243 cm³/mol. The van der Waals surface area contributed by atoms with Crippen molar-refractivity contribution in [3.05, 3.63) is 193 Å². The topological polar surface area (TPSA) is 50.9 Å². The van der Waals surface area contributed by atoms with Gasteiger partial charge in [0.2, 0.25) is 0 Å². The molecule has 10 rings (SSSR count). The first kappa shape index (κ1) is 39.1. The maximum Gasteiger partial charge on any atom is 0.148 e. The Balaban J connectivity index is 0.00000462. The quantitative estimate of drug-likeness (QED) is 0.169. The van der Waals surface area contributed by atoms with Gasteiger partial charge in [0, 0.05) is 43.9 Å². The zero-order valence-electron chi connectivity index (χ0n) is 34.3. The van der Waals surface area contributed by atoms with Crippen LogP contribution in [0.15, 0.2) is 170 Å². The Morgan fingerprint density at radius 3 is 1.98 bits per heavy atom. The van der Waals surface area contributed by atoms with Crippen molar-refractivity contribution in [3.63, 3.8) is 0 Å². The molecule has 0 saturated heterocycles. The number of rotatable bonds is 6. The van der Waals surface area contributed by atoms with Crippen molar-refractivity contribution in [2.45, 2.75) is 45.4 Å². The number of benzene rings is 7. The minimum atomic E-state index is -0.260. The van der Waals surface area contributed by atoms with Crippen molar-refractivity contribution >= 4 is 11.0 Å².